The van der Waals surface area contributed by atoms with Gasteiger partial charge in [-0.3, -0.25) is 0 Å². The fourth-order valence-electron chi connectivity index (χ4n) is 3.54. The minimum absolute atomic E-state index is 0. The number of nitrogens with one attached hydrogen (secondary N) is 1. The maximum atomic E-state index is 14.0. The molecule has 0 fully saturated rings. The van der Waals surface area contributed by atoms with E-state index >= 15 is 0 Å². The summed E-state index contributed by atoms with van der Waals surface area (Å²) in [6.45, 7) is 1.37. The summed E-state index contributed by atoms with van der Waals surface area (Å²) in [5.74, 6) is 0.261. The van der Waals surface area contributed by atoms with Crippen molar-refractivity contribution in [2.45, 2.75) is 19.6 Å². The lowest BCUT2D eigenvalue weighted by atomic mass is 10.0. The van der Waals surface area contributed by atoms with Crippen molar-refractivity contribution < 1.29 is 13.5 Å². The van der Waals surface area contributed by atoms with E-state index in [4.69, 9.17) is 4.74 Å². The van der Waals surface area contributed by atoms with E-state index in [1.54, 1.807) is 30.3 Å². The van der Waals surface area contributed by atoms with E-state index in [9.17, 15) is 8.78 Å². The zero-order valence-electron chi connectivity index (χ0n) is 17.0. The van der Waals surface area contributed by atoms with Gasteiger partial charge >= 0.3 is 0 Å². The number of ether oxygens (including phenoxy) is 1. The first kappa shape index (κ1) is 22.7. The van der Waals surface area contributed by atoms with Crippen LogP contribution in [-0.2, 0) is 19.6 Å². The lowest BCUT2D eigenvalue weighted by Crippen LogP contribution is -2.18. The van der Waals surface area contributed by atoms with Crippen LogP contribution in [0.2, 0.25) is 0 Å². The molecular formula is C26H24ClF2NO. The SMILES string of the molecule is Cl.Fc1ccccc1CCNCc1c(OCc2ccccc2F)ccc2ccccc12. The summed E-state index contributed by atoms with van der Waals surface area (Å²) < 4.78 is 33.8. The normalized spacial score (nSPS) is 10.6. The second-order valence-electron chi connectivity index (χ2n) is 7.16. The summed E-state index contributed by atoms with van der Waals surface area (Å²) in [7, 11) is 0. The van der Waals surface area contributed by atoms with Gasteiger partial charge in [0.1, 0.15) is 24.0 Å². The van der Waals surface area contributed by atoms with Gasteiger partial charge in [-0.25, -0.2) is 8.78 Å². The topological polar surface area (TPSA) is 21.3 Å². The maximum absolute atomic E-state index is 14.0. The van der Waals surface area contributed by atoms with E-state index in [2.05, 4.69) is 17.4 Å². The Kier molecular flexibility index (Phi) is 7.99. The molecule has 31 heavy (non-hydrogen) atoms. The van der Waals surface area contributed by atoms with Crippen molar-refractivity contribution in [1.82, 2.24) is 5.32 Å². The van der Waals surface area contributed by atoms with E-state index in [0.29, 0.717) is 30.6 Å². The highest BCUT2D eigenvalue weighted by Gasteiger charge is 2.10. The molecule has 0 aliphatic rings. The Bertz CT molecular complexity index is 1150. The molecule has 4 aromatic rings. The number of hydrogen-bond donors (Lipinski definition) is 1. The van der Waals surface area contributed by atoms with E-state index < -0.39 is 0 Å². The standard InChI is InChI=1S/C26H23F2NO.ClH/c27-24-11-5-2-8-20(24)15-16-29-17-23-22-10-4-1-7-19(22)13-14-26(23)30-18-21-9-3-6-12-25(21)28;/h1-14,29H,15-18H2;1H. The first-order valence-electron chi connectivity index (χ1n) is 10.0. The van der Waals surface area contributed by atoms with E-state index in [0.717, 1.165) is 22.1 Å². The van der Waals surface area contributed by atoms with Gasteiger partial charge in [0.2, 0.25) is 0 Å². The third kappa shape index (κ3) is 5.60. The average Bonchev–Trinajstić information content (AvgIpc) is 2.77. The van der Waals surface area contributed by atoms with Crippen molar-refractivity contribution >= 4 is 23.2 Å². The largest absolute Gasteiger partial charge is 0.488 e. The fourth-order valence-corrected chi connectivity index (χ4v) is 3.54. The van der Waals surface area contributed by atoms with E-state index in [1.807, 2.05) is 30.3 Å². The molecule has 0 heterocycles. The molecule has 0 radical (unpaired) electrons. The molecule has 160 valence electrons. The first-order valence-corrected chi connectivity index (χ1v) is 10.0. The van der Waals surface area contributed by atoms with Crippen LogP contribution >= 0.6 is 12.4 Å². The van der Waals surface area contributed by atoms with Gasteiger partial charge in [-0.1, -0.05) is 66.7 Å². The van der Waals surface area contributed by atoms with Crippen molar-refractivity contribution in [2.24, 2.45) is 0 Å². The molecule has 0 bridgehead atoms. The molecule has 5 heteroatoms. The summed E-state index contributed by atoms with van der Waals surface area (Å²) in [6, 6.07) is 25.5. The zero-order chi connectivity index (χ0) is 20.8. The van der Waals surface area contributed by atoms with Crippen LogP contribution in [0.1, 0.15) is 16.7 Å². The fraction of sp³-hybridized carbons (Fsp3) is 0.154. The number of fused-ring (bicyclic) bond motifs is 1. The molecule has 0 saturated carbocycles. The third-order valence-corrected chi connectivity index (χ3v) is 5.17. The lowest BCUT2D eigenvalue weighted by molar-refractivity contribution is 0.296. The molecule has 1 N–H and O–H groups in total. The molecule has 0 amide bonds. The number of benzene rings is 4. The second-order valence-corrected chi connectivity index (χ2v) is 7.16. The van der Waals surface area contributed by atoms with Crippen molar-refractivity contribution in [2.75, 3.05) is 6.54 Å². The molecule has 0 atom stereocenters. The molecule has 0 spiro atoms. The monoisotopic (exact) mass is 439 g/mol. The average molecular weight is 440 g/mol. The van der Waals surface area contributed by atoms with Crippen LogP contribution in [0.3, 0.4) is 0 Å². The van der Waals surface area contributed by atoms with Crippen molar-refractivity contribution in [3.8, 4) is 5.75 Å². The van der Waals surface area contributed by atoms with Crippen LogP contribution < -0.4 is 10.1 Å². The summed E-state index contributed by atoms with van der Waals surface area (Å²) in [4.78, 5) is 0. The van der Waals surface area contributed by atoms with Gasteiger partial charge in [-0.05, 0) is 47.5 Å². The lowest BCUT2D eigenvalue weighted by Gasteiger charge is -2.15. The molecule has 0 aliphatic carbocycles. The minimum atomic E-state index is -0.275. The number of halogens is 3. The Morgan fingerprint density at radius 1 is 0.710 bits per heavy atom. The second kappa shape index (κ2) is 10.9. The van der Waals surface area contributed by atoms with Gasteiger partial charge in [0.05, 0.1) is 0 Å². The Balaban J connectivity index is 0.00000272. The molecule has 0 unspecified atom stereocenters. The summed E-state index contributed by atoms with van der Waals surface area (Å²) in [5, 5.41) is 5.60. The smallest absolute Gasteiger partial charge is 0.129 e. The van der Waals surface area contributed by atoms with Crippen LogP contribution in [0, 0.1) is 11.6 Å². The number of hydrogen-bond acceptors (Lipinski definition) is 2. The van der Waals surface area contributed by atoms with Gasteiger partial charge < -0.3 is 10.1 Å². The van der Waals surface area contributed by atoms with Gasteiger partial charge in [-0.2, -0.15) is 0 Å². The Morgan fingerprint density at radius 3 is 2.10 bits per heavy atom. The Labute approximate surface area is 187 Å². The van der Waals surface area contributed by atoms with Crippen LogP contribution in [0.25, 0.3) is 10.8 Å². The molecule has 0 saturated heterocycles. The molecule has 4 rings (SSSR count). The minimum Gasteiger partial charge on any atom is -0.488 e. The molecular weight excluding hydrogens is 416 g/mol. The maximum Gasteiger partial charge on any atom is 0.129 e. The van der Waals surface area contributed by atoms with Crippen LogP contribution in [0.4, 0.5) is 8.78 Å². The zero-order valence-corrected chi connectivity index (χ0v) is 17.8. The van der Waals surface area contributed by atoms with Crippen molar-refractivity contribution in [3.05, 3.63) is 113 Å². The predicted molar refractivity (Wildman–Crippen MR) is 124 cm³/mol. The highest BCUT2D eigenvalue weighted by atomic mass is 35.5. The van der Waals surface area contributed by atoms with Gasteiger partial charge in [0.25, 0.3) is 0 Å². The van der Waals surface area contributed by atoms with E-state index in [1.165, 1.54) is 12.1 Å². The van der Waals surface area contributed by atoms with Gasteiger partial charge in [-0.15, -0.1) is 12.4 Å². The van der Waals surface area contributed by atoms with E-state index in [-0.39, 0.29) is 30.6 Å². The Morgan fingerprint density at radius 2 is 1.35 bits per heavy atom. The van der Waals surface area contributed by atoms with Crippen molar-refractivity contribution in [1.29, 1.82) is 0 Å². The quantitative estimate of drug-likeness (QED) is 0.318. The third-order valence-electron chi connectivity index (χ3n) is 5.17. The molecule has 0 aromatic heterocycles. The van der Waals surface area contributed by atoms with Crippen LogP contribution in [0.15, 0.2) is 84.9 Å². The molecule has 4 aromatic carbocycles. The first-order chi connectivity index (χ1) is 14.7. The summed E-state index contributed by atoms with van der Waals surface area (Å²) in [6.07, 6.45) is 0.600. The van der Waals surface area contributed by atoms with Gasteiger partial charge in [0, 0.05) is 17.7 Å². The number of rotatable bonds is 8. The van der Waals surface area contributed by atoms with Crippen molar-refractivity contribution in [3.63, 3.8) is 0 Å². The van der Waals surface area contributed by atoms with Crippen LogP contribution in [0.5, 0.6) is 5.75 Å². The Hall–Kier alpha value is -2.95. The predicted octanol–water partition coefficient (Wildman–Crippen LogP) is 6.45. The molecule has 2 nitrogen and oxygen atoms in total. The molecule has 0 aliphatic heterocycles. The highest BCUT2D eigenvalue weighted by Crippen LogP contribution is 2.29. The van der Waals surface area contributed by atoms with Gasteiger partial charge in [0.15, 0.2) is 0 Å². The highest BCUT2D eigenvalue weighted by molar-refractivity contribution is 5.87. The summed E-state index contributed by atoms with van der Waals surface area (Å²) in [5.41, 5.74) is 2.22. The summed E-state index contributed by atoms with van der Waals surface area (Å²) >= 11 is 0. The van der Waals surface area contributed by atoms with Crippen LogP contribution in [-0.4, -0.2) is 6.54 Å².